The van der Waals surface area contributed by atoms with Gasteiger partial charge in [0.2, 0.25) is 11.7 Å². The Balaban J connectivity index is 1.83. The molecule has 1 N–H and O–H groups in total. The van der Waals surface area contributed by atoms with Crippen LogP contribution in [0.5, 0.6) is 5.75 Å². The van der Waals surface area contributed by atoms with Crippen LogP contribution in [0.3, 0.4) is 0 Å². The third-order valence-corrected chi connectivity index (χ3v) is 8.48. The zero-order valence-electron chi connectivity index (χ0n) is 24.2. The summed E-state index contributed by atoms with van der Waals surface area (Å²) >= 11 is 6.05. The first-order valence-electron chi connectivity index (χ1n) is 14.1. The van der Waals surface area contributed by atoms with Gasteiger partial charge < -0.3 is 10.1 Å². The number of amides is 1. The summed E-state index contributed by atoms with van der Waals surface area (Å²) in [7, 11) is 1.45. The van der Waals surface area contributed by atoms with Gasteiger partial charge in [-0.3, -0.25) is 19.2 Å². The number of carbonyl (C=O) groups is 4. The van der Waals surface area contributed by atoms with Crippen LogP contribution in [0.25, 0.3) is 0 Å². The van der Waals surface area contributed by atoms with Crippen molar-refractivity contribution in [1.82, 2.24) is 5.32 Å². The van der Waals surface area contributed by atoms with Crippen molar-refractivity contribution in [2.24, 2.45) is 17.8 Å². The Morgan fingerprint density at radius 1 is 0.929 bits per heavy atom. The van der Waals surface area contributed by atoms with Gasteiger partial charge in [-0.2, -0.15) is 13.2 Å². The van der Waals surface area contributed by atoms with E-state index in [2.05, 4.69) is 5.32 Å². The average molecular weight is 608 g/mol. The molecule has 1 aliphatic carbocycles. The van der Waals surface area contributed by atoms with Gasteiger partial charge in [0.15, 0.2) is 5.78 Å². The van der Waals surface area contributed by atoms with Gasteiger partial charge in [-0.15, -0.1) is 0 Å². The third-order valence-electron chi connectivity index (χ3n) is 8.23. The van der Waals surface area contributed by atoms with Crippen LogP contribution in [0.15, 0.2) is 48.5 Å². The molecule has 1 aliphatic rings. The van der Waals surface area contributed by atoms with Gasteiger partial charge in [0, 0.05) is 29.7 Å². The zero-order chi connectivity index (χ0) is 31.2. The van der Waals surface area contributed by atoms with Crippen molar-refractivity contribution in [2.75, 3.05) is 7.11 Å². The number of alkyl halides is 3. The summed E-state index contributed by atoms with van der Waals surface area (Å²) in [5, 5.41) is 3.21. The standard InChI is InChI=1S/C32H37ClF3NO5/c1-19(2)25(29(40)32(34,35)36)18-26(38)28(21-7-13-24(42-4)14-8-21)37-30(41)20(3)17-27(39)31(15-5-6-16-31)22-9-11-23(33)12-10-22/h7-14,19-20,25,28H,5-6,15-18H2,1-4H3,(H,37,41)/t20-,25+,28+/m1/s1. The van der Waals surface area contributed by atoms with E-state index < -0.39 is 59.3 Å². The molecule has 3 atom stereocenters. The van der Waals surface area contributed by atoms with E-state index in [0.717, 1.165) is 18.4 Å². The molecule has 3 rings (SSSR count). The first kappa shape index (κ1) is 33.3. The normalized spacial score (nSPS) is 16.9. The van der Waals surface area contributed by atoms with Crippen LogP contribution in [-0.4, -0.2) is 36.5 Å². The Kier molecular flexibility index (Phi) is 11.0. The highest BCUT2D eigenvalue weighted by atomic mass is 35.5. The summed E-state index contributed by atoms with van der Waals surface area (Å²) in [4.78, 5) is 52.6. The summed E-state index contributed by atoms with van der Waals surface area (Å²) in [6.45, 7) is 4.46. The summed E-state index contributed by atoms with van der Waals surface area (Å²) < 4.78 is 45.0. The quantitative estimate of drug-likeness (QED) is 0.265. The lowest BCUT2D eigenvalue weighted by Gasteiger charge is -2.30. The van der Waals surface area contributed by atoms with Crippen molar-refractivity contribution in [3.05, 3.63) is 64.7 Å². The van der Waals surface area contributed by atoms with Crippen molar-refractivity contribution in [3.8, 4) is 5.75 Å². The number of halogens is 4. The maximum absolute atomic E-state index is 13.7. The van der Waals surface area contributed by atoms with Crippen LogP contribution in [0, 0.1) is 17.8 Å². The number of nitrogens with one attached hydrogen (secondary N) is 1. The van der Waals surface area contributed by atoms with Crippen molar-refractivity contribution < 1.29 is 37.1 Å². The van der Waals surface area contributed by atoms with Gasteiger partial charge in [-0.25, -0.2) is 0 Å². The minimum atomic E-state index is -5.09. The number of rotatable bonds is 13. The highest BCUT2D eigenvalue weighted by Gasteiger charge is 2.46. The molecule has 2 aromatic carbocycles. The van der Waals surface area contributed by atoms with E-state index >= 15 is 0 Å². The maximum atomic E-state index is 13.7. The molecule has 0 heterocycles. The lowest BCUT2D eigenvalue weighted by molar-refractivity contribution is -0.177. The van der Waals surface area contributed by atoms with Crippen LogP contribution >= 0.6 is 11.6 Å². The van der Waals surface area contributed by atoms with Crippen LogP contribution < -0.4 is 10.1 Å². The molecule has 0 unspecified atom stereocenters. The van der Waals surface area contributed by atoms with Crippen LogP contribution in [0.2, 0.25) is 5.02 Å². The molecule has 2 aromatic rings. The van der Waals surface area contributed by atoms with Crippen molar-refractivity contribution >= 4 is 34.9 Å². The molecule has 228 valence electrons. The second-order valence-corrected chi connectivity index (χ2v) is 11.9. The van der Waals surface area contributed by atoms with Crippen molar-refractivity contribution in [3.63, 3.8) is 0 Å². The Labute approximate surface area is 249 Å². The largest absolute Gasteiger partial charge is 0.497 e. The van der Waals surface area contributed by atoms with Crippen LogP contribution in [0.1, 0.15) is 76.5 Å². The first-order valence-corrected chi connectivity index (χ1v) is 14.4. The summed E-state index contributed by atoms with van der Waals surface area (Å²) in [6.07, 6.45) is -2.84. The second kappa shape index (κ2) is 13.8. The zero-order valence-corrected chi connectivity index (χ0v) is 25.0. The highest BCUT2D eigenvalue weighted by molar-refractivity contribution is 6.30. The molecule has 10 heteroatoms. The van der Waals surface area contributed by atoms with Gasteiger partial charge >= 0.3 is 6.18 Å². The molecular weight excluding hydrogens is 571 g/mol. The number of hydrogen-bond acceptors (Lipinski definition) is 5. The lowest BCUT2D eigenvalue weighted by Crippen LogP contribution is -2.42. The monoisotopic (exact) mass is 607 g/mol. The number of methoxy groups -OCH3 is 1. The molecule has 6 nitrogen and oxygen atoms in total. The van der Waals surface area contributed by atoms with Crippen LogP contribution in [0.4, 0.5) is 13.2 Å². The molecule has 1 amide bonds. The number of ether oxygens (including phenoxy) is 1. The summed E-state index contributed by atoms with van der Waals surface area (Å²) in [5.74, 6) is -6.11. The number of carbonyl (C=O) groups excluding carboxylic acids is 4. The fourth-order valence-corrected chi connectivity index (χ4v) is 5.77. The van der Waals surface area contributed by atoms with E-state index in [9.17, 15) is 32.3 Å². The van der Waals surface area contributed by atoms with E-state index in [1.807, 2.05) is 12.1 Å². The number of ketones is 3. The number of Topliss-reactive ketones (excluding diaryl/α,β-unsaturated/α-hetero) is 3. The molecule has 1 fully saturated rings. The van der Waals surface area contributed by atoms with Crippen LogP contribution in [-0.2, 0) is 24.6 Å². The fraction of sp³-hybridized carbons (Fsp3) is 0.500. The van der Waals surface area contributed by atoms with Crippen molar-refractivity contribution in [2.45, 2.75) is 76.9 Å². The van der Waals surface area contributed by atoms with E-state index in [1.54, 1.807) is 31.2 Å². The Bertz CT molecular complexity index is 1270. The predicted molar refractivity (Wildman–Crippen MR) is 153 cm³/mol. The average Bonchev–Trinajstić information content (AvgIpc) is 3.45. The Hall–Kier alpha value is -3.20. The number of benzene rings is 2. The SMILES string of the molecule is COc1ccc([C@H](NC(=O)[C@H](C)CC(=O)C2(c3ccc(Cl)cc3)CCCC2)C(=O)C[C@H](C(=O)C(F)(F)F)C(C)C)cc1. The van der Waals surface area contributed by atoms with Gasteiger partial charge in [0.25, 0.3) is 0 Å². The lowest BCUT2D eigenvalue weighted by atomic mass is 9.73. The summed E-state index contributed by atoms with van der Waals surface area (Å²) in [6, 6.07) is 12.0. The predicted octanol–water partition coefficient (Wildman–Crippen LogP) is 6.98. The molecule has 0 aliphatic heterocycles. The molecule has 42 heavy (non-hydrogen) atoms. The van der Waals surface area contributed by atoms with E-state index in [-0.39, 0.29) is 12.2 Å². The minimum Gasteiger partial charge on any atom is -0.497 e. The minimum absolute atomic E-state index is 0.0842. The first-order chi connectivity index (χ1) is 19.7. The Morgan fingerprint density at radius 3 is 2.00 bits per heavy atom. The molecule has 0 bridgehead atoms. The molecule has 0 spiro atoms. The highest BCUT2D eigenvalue weighted by Crippen LogP contribution is 2.43. The fourth-order valence-electron chi connectivity index (χ4n) is 5.65. The van der Waals surface area contributed by atoms with Gasteiger partial charge in [-0.05, 0) is 54.2 Å². The van der Waals surface area contributed by atoms with Gasteiger partial charge in [0.05, 0.1) is 12.5 Å². The van der Waals surface area contributed by atoms with E-state index in [1.165, 1.54) is 33.1 Å². The Morgan fingerprint density at radius 2 is 1.50 bits per heavy atom. The van der Waals surface area contributed by atoms with E-state index in [0.29, 0.717) is 29.2 Å². The molecule has 0 saturated heterocycles. The maximum Gasteiger partial charge on any atom is 0.450 e. The topological polar surface area (TPSA) is 89.5 Å². The van der Waals surface area contributed by atoms with Crippen molar-refractivity contribution in [1.29, 1.82) is 0 Å². The molecule has 1 saturated carbocycles. The van der Waals surface area contributed by atoms with Gasteiger partial charge in [0.1, 0.15) is 17.6 Å². The molecule has 0 aromatic heterocycles. The van der Waals surface area contributed by atoms with E-state index in [4.69, 9.17) is 16.3 Å². The third kappa shape index (κ3) is 7.79. The smallest absolute Gasteiger partial charge is 0.450 e. The molecule has 0 radical (unpaired) electrons. The number of hydrogen-bond donors (Lipinski definition) is 1. The summed E-state index contributed by atoms with van der Waals surface area (Å²) in [5.41, 5.74) is 0.442. The molecular formula is C32H37ClF3NO5. The second-order valence-electron chi connectivity index (χ2n) is 11.4. The van der Waals surface area contributed by atoms with Gasteiger partial charge in [-0.1, -0.05) is 69.5 Å².